The molecule has 0 aliphatic carbocycles. The molecule has 1 aromatic carbocycles. The molecule has 0 spiro atoms. The van der Waals surface area contributed by atoms with Crippen LogP contribution in [0, 0.1) is 0 Å². The predicted molar refractivity (Wildman–Crippen MR) is 82.7 cm³/mol. The molecule has 9 nitrogen and oxygen atoms in total. The highest BCUT2D eigenvalue weighted by molar-refractivity contribution is 7.16. The third-order valence-corrected chi connectivity index (χ3v) is 4.39. The van der Waals surface area contributed by atoms with Crippen LogP contribution in [0.2, 0.25) is 0 Å². The minimum Gasteiger partial charge on any atom is -0.476 e. The molecule has 0 bridgehead atoms. The van der Waals surface area contributed by atoms with Gasteiger partial charge in [-0.15, -0.1) is 0 Å². The van der Waals surface area contributed by atoms with Crippen LogP contribution in [0.5, 0.6) is 0 Å². The number of fused-ring (bicyclic) bond motifs is 1. The molecule has 0 atom stereocenters. The minimum absolute atomic E-state index is 0.163. The van der Waals surface area contributed by atoms with E-state index >= 15 is 0 Å². The first-order valence-corrected chi connectivity index (χ1v) is 7.16. The molecule has 0 unspecified atom stereocenters. The Morgan fingerprint density at radius 1 is 1.17 bits per heavy atom. The summed E-state index contributed by atoms with van der Waals surface area (Å²) in [6.07, 6.45) is 0. The van der Waals surface area contributed by atoms with E-state index in [0.717, 1.165) is 16.0 Å². The van der Waals surface area contributed by atoms with Gasteiger partial charge in [0.05, 0.1) is 15.9 Å². The molecule has 3 rings (SSSR count). The number of aryl methyl sites for hydroxylation is 1. The summed E-state index contributed by atoms with van der Waals surface area (Å²) in [5.41, 5.74) is -1.57. The first-order chi connectivity index (χ1) is 10.8. The summed E-state index contributed by atoms with van der Waals surface area (Å²) < 4.78 is 3.58. The van der Waals surface area contributed by atoms with Crippen LogP contribution < -0.4 is 16.1 Å². The van der Waals surface area contributed by atoms with Crippen LogP contribution in [0.3, 0.4) is 0 Å². The van der Waals surface area contributed by atoms with Crippen molar-refractivity contribution >= 4 is 27.5 Å². The SMILES string of the molecule is Cn1c(=O)c(C(=O)O)nn(-c2ccc3c(c2)sc(=O)n3C)c1=O. The van der Waals surface area contributed by atoms with Gasteiger partial charge < -0.3 is 9.67 Å². The fourth-order valence-electron chi connectivity index (χ4n) is 2.13. The van der Waals surface area contributed by atoms with E-state index in [2.05, 4.69) is 5.10 Å². The quantitative estimate of drug-likeness (QED) is 0.678. The molecule has 0 aliphatic rings. The number of rotatable bonds is 2. The van der Waals surface area contributed by atoms with Crippen molar-refractivity contribution in [3.05, 3.63) is 54.4 Å². The molecule has 0 fully saturated rings. The van der Waals surface area contributed by atoms with Gasteiger partial charge in [-0.2, -0.15) is 9.78 Å². The van der Waals surface area contributed by atoms with Gasteiger partial charge in [0.25, 0.3) is 5.56 Å². The van der Waals surface area contributed by atoms with Crippen molar-refractivity contribution in [2.45, 2.75) is 0 Å². The third-order valence-electron chi connectivity index (χ3n) is 3.40. The van der Waals surface area contributed by atoms with Gasteiger partial charge in [0, 0.05) is 14.1 Å². The van der Waals surface area contributed by atoms with Gasteiger partial charge in [0.15, 0.2) is 0 Å². The van der Waals surface area contributed by atoms with E-state index in [0.29, 0.717) is 14.8 Å². The van der Waals surface area contributed by atoms with Crippen LogP contribution in [0.15, 0.2) is 32.6 Å². The lowest BCUT2D eigenvalue weighted by atomic mass is 10.3. The Morgan fingerprint density at radius 2 is 1.87 bits per heavy atom. The monoisotopic (exact) mass is 334 g/mol. The normalized spacial score (nSPS) is 11.0. The average Bonchev–Trinajstić information content (AvgIpc) is 2.79. The molecular formula is C13H10N4O5S. The smallest absolute Gasteiger partial charge is 0.362 e. The number of hydrogen-bond acceptors (Lipinski definition) is 6. The van der Waals surface area contributed by atoms with Gasteiger partial charge >= 0.3 is 16.5 Å². The van der Waals surface area contributed by atoms with Crippen LogP contribution in [0.4, 0.5) is 0 Å². The number of nitrogens with zero attached hydrogens (tertiary/aromatic N) is 4. The van der Waals surface area contributed by atoms with Crippen LogP contribution in [-0.2, 0) is 14.1 Å². The van der Waals surface area contributed by atoms with Gasteiger partial charge in [0.1, 0.15) is 0 Å². The van der Waals surface area contributed by atoms with Gasteiger partial charge in [-0.25, -0.2) is 9.59 Å². The summed E-state index contributed by atoms with van der Waals surface area (Å²) in [7, 11) is 2.80. The largest absolute Gasteiger partial charge is 0.476 e. The van der Waals surface area contributed by atoms with E-state index in [1.54, 1.807) is 19.2 Å². The van der Waals surface area contributed by atoms with Crippen LogP contribution in [-0.4, -0.2) is 30.0 Å². The Bertz CT molecular complexity index is 1130. The maximum Gasteiger partial charge on any atom is 0.362 e. The second-order valence-electron chi connectivity index (χ2n) is 4.79. The van der Waals surface area contributed by atoms with Crippen molar-refractivity contribution in [1.29, 1.82) is 0 Å². The first kappa shape index (κ1) is 14.9. The maximum atomic E-state index is 12.2. The van der Waals surface area contributed by atoms with Crippen molar-refractivity contribution in [1.82, 2.24) is 18.9 Å². The lowest BCUT2D eigenvalue weighted by Gasteiger charge is -2.07. The Labute approximate surface area is 131 Å². The van der Waals surface area contributed by atoms with Crippen LogP contribution in [0.25, 0.3) is 15.9 Å². The molecule has 0 radical (unpaired) electrons. The van der Waals surface area contributed by atoms with Crippen molar-refractivity contribution in [2.75, 3.05) is 0 Å². The Balaban J connectivity index is 2.34. The zero-order valence-electron chi connectivity index (χ0n) is 12.0. The number of carbonyl (C=O) groups is 1. The van der Waals surface area contributed by atoms with E-state index in [1.165, 1.54) is 17.7 Å². The highest BCUT2D eigenvalue weighted by atomic mass is 32.1. The Hall–Kier alpha value is -3.01. The topological polar surface area (TPSA) is 116 Å². The summed E-state index contributed by atoms with van der Waals surface area (Å²) in [6.45, 7) is 0. The number of hydrogen-bond donors (Lipinski definition) is 1. The number of carboxylic acid groups (broad SMARTS) is 1. The molecule has 2 aromatic heterocycles. The summed E-state index contributed by atoms with van der Waals surface area (Å²) in [5, 5.41) is 12.7. The van der Waals surface area contributed by atoms with Gasteiger partial charge in [-0.3, -0.25) is 14.2 Å². The molecule has 0 aliphatic heterocycles. The van der Waals surface area contributed by atoms with Gasteiger partial charge in [-0.05, 0) is 18.2 Å². The van der Waals surface area contributed by atoms with E-state index in [4.69, 9.17) is 5.11 Å². The molecule has 3 aromatic rings. The van der Waals surface area contributed by atoms with E-state index in [1.807, 2.05) is 0 Å². The second-order valence-corrected chi connectivity index (χ2v) is 5.78. The fraction of sp³-hybridized carbons (Fsp3) is 0.154. The first-order valence-electron chi connectivity index (χ1n) is 6.35. The minimum atomic E-state index is -1.52. The molecular weight excluding hydrogens is 324 g/mol. The summed E-state index contributed by atoms with van der Waals surface area (Å²) in [5.74, 6) is -1.52. The average molecular weight is 334 g/mol. The molecule has 2 heterocycles. The molecule has 10 heteroatoms. The van der Waals surface area contributed by atoms with Gasteiger partial charge in [-0.1, -0.05) is 11.3 Å². The van der Waals surface area contributed by atoms with Crippen molar-refractivity contribution in [3.8, 4) is 5.69 Å². The summed E-state index contributed by atoms with van der Waals surface area (Å²) in [6, 6.07) is 4.70. The lowest BCUT2D eigenvalue weighted by Crippen LogP contribution is -2.42. The zero-order chi connectivity index (χ0) is 16.9. The molecule has 0 saturated heterocycles. The van der Waals surface area contributed by atoms with Crippen molar-refractivity contribution < 1.29 is 9.90 Å². The van der Waals surface area contributed by atoms with Crippen LogP contribution in [0.1, 0.15) is 10.5 Å². The number of aromatic nitrogens is 4. The fourth-order valence-corrected chi connectivity index (χ4v) is 3.04. The zero-order valence-corrected chi connectivity index (χ0v) is 12.8. The molecule has 23 heavy (non-hydrogen) atoms. The number of benzene rings is 1. The highest BCUT2D eigenvalue weighted by Gasteiger charge is 2.18. The summed E-state index contributed by atoms with van der Waals surface area (Å²) in [4.78, 5) is 46.5. The van der Waals surface area contributed by atoms with Gasteiger partial charge in [0.2, 0.25) is 5.69 Å². The Morgan fingerprint density at radius 3 is 2.52 bits per heavy atom. The molecule has 118 valence electrons. The standard InChI is InChI=1S/C13H10N4O5S/c1-15-7-4-3-6(5-8(7)23-13(15)22)17-12(21)16(2)10(18)9(14-17)11(19)20/h3-5H,1-2H3,(H,19,20). The molecule has 0 amide bonds. The highest BCUT2D eigenvalue weighted by Crippen LogP contribution is 2.19. The maximum absolute atomic E-state index is 12.2. The molecule has 0 saturated carbocycles. The van der Waals surface area contributed by atoms with E-state index in [-0.39, 0.29) is 10.6 Å². The second kappa shape index (κ2) is 5.02. The van der Waals surface area contributed by atoms with Crippen molar-refractivity contribution in [3.63, 3.8) is 0 Å². The van der Waals surface area contributed by atoms with Crippen molar-refractivity contribution in [2.24, 2.45) is 14.1 Å². The van der Waals surface area contributed by atoms with E-state index in [9.17, 15) is 19.2 Å². The van der Waals surface area contributed by atoms with Crippen LogP contribution >= 0.6 is 11.3 Å². The predicted octanol–water partition coefficient (Wildman–Crippen LogP) is -0.457. The number of thiazole rings is 1. The third kappa shape index (κ3) is 2.19. The molecule has 1 N–H and O–H groups in total. The number of carboxylic acids is 1. The summed E-state index contributed by atoms with van der Waals surface area (Å²) >= 11 is 0.991. The lowest BCUT2D eigenvalue weighted by molar-refractivity contribution is 0.0684. The van der Waals surface area contributed by atoms with E-state index < -0.39 is 22.9 Å². The number of aromatic carboxylic acids is 1. The Kier molecular flexibility index (Phi) is 3.25.